The lowest BCUT2D eigenvalue weighted by Crippen LogP contribution is -2.31. The lowest BCUT2D eigenvalue weighted by molar-refractivity contribution is -0.137. The summed E-state index contributed by atoms with van der Waals surface area (Å²) in [5, 5.41) is 11.9. The van der Waals surface area contributed by atoms with Gasteiger partial charge in [-0.05, 0) is 29.5 Å². The molecule has 2 unspecified atom stereocenters. The maximum absolute atomic E-state index is 12.1. The van der Waals surface area contributed by atoms with Gasteiger partial charge in [-0.25, -0.2) is 0 Å². The fourth-order valence-electron chi connectivity index (χ4n) is 1.93. The molecule has 0 aliphatic carbocycles. The van der Waals surface area contributed by atoms with Crippen LogP contribution in [0.15, 0.2) is 28.7 Å². The topological polar surface area (TPSA) is 66.4 Å². The number of hydrogen-bond acceptors (Lipinski definition) is 2. The maximum Gasteiger partial charge on any atom is 0.305 e. The Morgan fingerprint density at radius 1 is 1.24 bits per heavy atom. The summed E-state index contributed by atoms with van der Waals surface area (Å²) in [5.41, 5.74) is 0.789. The van der Waals surface area contributed by atoms with E-state index in [-0.39, 0.29) is 18.2 Å². The van der Waals surface area contributed by atoms with Gasteiger partial charge in [0.2, 0.25) is 5.91 Å². The van der Waals surface area contributed by atoms with Gasteiger partial charge >= 0.3 is 5.97 Å². The summed E-state index contributed by atoms with van der Waals surface area (Å²) >= 11 is 3.36. The molecule has 2 atom stereocenters. The third-order valence-electron chi connectivity index (χ3n) is 3.61. The van der Waals surface area contributed by atoms with Crippen molar-refractivity contribution in [2.75, 3.05) is 0 Å². The summed E-state index contributed by atoms with van der Waals surface area (Å²) in [6.07, 6.45) is 0.278. The van der Waals surface area contributed by atoms with Crippen molar-refractivity contribution in [1.82, 2.24) is 5.32 Å². The second-order valence-electron chi connectivity index (χ2n) is 5.70. The maximum atomic E-state index is 12.1. The highest BCUT2D eigenvalue weighted by molar-refractivity contribution is 9.10. The number of carbonyl (C=O) groups is 2. The van der Waals surface area contributed by atoms with Gasteiger partial charge in [-0.3, -0.25) is 9.59 Å². The normalized spacial score (nSPS) is 13.8. The molecule has 5 heteroatoms. The van der Waals surface area contributed by atoms with Gasteiger partial charge in [0.25, 0.3) is 0 Å². The summed E-state index contributed by atoms with van der Waals surface area (Å²) in [6.45, 7) is 6.16. The van der Waals surface area contributed by atoms with Crippen LogP contribution in [0.5, 0.6) is 0 Å². The van der Waals surface area contributed by atoms with Crippen molar-refractivity contribution < 1.29 is 14.7 Å². The van der Waals surface area contributed by atoms with Crippen LogP contribution in [0, 0.1) is 11.8 Å². The number of hydrogen-bond donors (Lipinski definition) is 2. The molecule has 1 rings (SSSR count). The van der Waals surface area contributed by atoms with Gasteiger partial charge in [0.1, 0.15) is 0 Å². The molecule has 0 aliphatic rings. The molecule has 2 N–H and O–H groups in total. The van der Waals surface area contributed by atoms with E-state index in [1.54, 1.807) is 0 Å². The lowest BCUT2D eigenvalue weighted by atomic mass is 9.94. The number of nitrogens with one attached hydrogen (secondary N) is 1. The minimum absolute atomic E-state index is 0.109. The molecule has 1 amide bonds. The van der Waals surface area contributed by atoms with Crippen LogP contribution in [0.4, 0.5) is 0 Å². The van der Waals surface area contributed by atoms with E-state index in [0.717, 1.165) is 10.0 Å². The fraction of sp³-hybridized carbons (Fsp3) is 0.500. The van der Waals surface area contributed by atoms with Crippen molar-refractivity contribution >= 4 is 27.8 Å². The monoisotopic (exact) mass is 355 g/mol. The second-order valence-corrected chi connectivity index (χ2v) is 6.61. The van der Waals surface area contributed by atoms with Crippen LogP contribution in [0.2, 0.25) is 0 Å². The molecular weight excluding hydrogens is 334 g/mol. The van der Waals surface area contributed by atoms with E-state index in [1.807, 2.05) is 31.2 Å². The first kappa shape index (κ1) is 17.7. The van der Waals surface area contributed by atoms with Crippen LogP contribution >= 0.6 is 15.9 Å². The van der Waals surface area contributed by atoms with Gasteiger partial charge in [-0.2, -0.15) is 0 Å². The van der Waals surface area contributed by atoms with Crippen molar-refractivity contribution in [3.05, 3.63) is 34.3 Å². The van der Waals surface area contributed by atoms with Crippen LogP contribution in [0.25, 0.3) is 0 Å². The average Bonchev–Trinajstić information content (AvgIpc) is 2.37. The molecule has 0 saturated carbocycles. The number of benzene rings is 1. The van der Waals surface area contributed by atoms with E-state index >= 15 is 0 Å². The average molecular weight is 356 g/mol. The van der Waals surface area contributed by atoms with Crippen LogP contribution < -0.4 is 5.32 Å². The first-order valence-electron chi connectivity index (χ1n) is 7.06. The van der Waals surface area contributed by atoms with Crippen molar-refractivity contribution in [3.8, 4) is 0 Å². The van der Waals surface area contributed by atoms with E-state index < -0.39 is 12.0 Å². The highest BCUT2D eigenvalue weighted by atomic mass is 79.9. The number of carboxylic acids is 1. The van der Waals surface area contributed by atoms with Gasteiger partial charge in [0, 0.05) is 10.9 Å². The molecule has 0 radical (unpaired) electrons. The van der Waals surface area contributed by atoms with Gasteiger partial charge in [-0.15, -0.1) is 0 Å². The Morgan fingerprint density at radius 3 is 2.43 bits per heavy atom. The molecular formula is C16H22BrNO3. The molecule has 0 saturated heterocycles. The molecule has 0 fully saturated rings. The highest BCUT2D eigenvalue weighted by Gasteiger charge is 2.20. The summed E-state index contributed by atoms with van der Waals surface area (Å²) in [5.74, 6) is -0.364. The zero-order chi connectivity index (χ0) is 16.0. The minimum Gasteiger partial charge on any atom is -0.481 e. The first-order valence-corrected chi connectivity index (χ1v) is 7.85. The highest BCUT2D eigenvalue weighted by Crippen LogP contribution is 2.22. The van der Waals surface area contributed by atoms with Gasteiger partial charge in [0.15, 0.2) is 0 Å². The van der Waals surface area contributed by atoms with Crippen LogP contribution in [0.3, 0.4) is 0 Å². The number of carbonyl (C=O) groups excluding carboxylic acids is 1. The molecule has 21 heavy (non-hydrogen) atoms. The smallest absolute Gasteiger partial charge is 0.305 e. The standard InChI is InChI=1S/C16H22BrNO3/c1-10(2)11(3)7-15(19)18-14(9-16(20)21)12-5-4-6-13(17)8-12/h4-6,8,10-11,14H,7,9H2,1-3H3,(H,18,19)(H,20,21). The Balaban J connectivity index is 2.79. The number of rotatable bonds is 7. The second kappa shape index (κ2) is 8.17. The summed E-state index contributed by atoms with van der Waals surface area (Å²) in [7, 11) is 0. The predicted octanol–water partition coefficient (Wildman–Crippen LogP) is 3.76. The van der Waals surface area contributed by atoms with Crippen LogP contribution in [-0.2, 0) is 9.59 Å². The van der Waals surface area contributed by atoms with Crippen molar-refractivity contribution in [2.45, 2.75) is 39.7 Å². The number of carboxylic acid groups (broad SMARTS) is 1. The molecule has 1 aromatic carbocycles. The number of amides is 1. The van der Waals surface area contributed by atoms with Gasteiger partial charge in [0.05, 0.1) is 12.5 Å². The number of halogens is 1. The summed E-state index contributed by atoms with van der Waals surface area (Å²) < 4.78 is 0.861. The van der Waals surface area contributed by atoms with Gasteiger partial charge in [-0.1, -0.05) is 48.8 Å². The van der Waals surface area contributed by atoms with E-state index in [0.29, 0.717) is 12.3 Å². The molecule has 1 aromatic rings. The SMILES string of the molecule is CC(C)C(C)CC(=O)NC(CC(=O)O)c1cccc(Br)c1. The largest absolute Gasteiger partial charge is 0.481 e. The Hall–Kier alpha value is -1.36. The van der Waals surface area contributed by atoms with Crippen molar-refractivity contribution in [1.29, 1.82) is 0 Å². The van der Waals surface area contributed by atoms with E-state index in [9.17, 15) is 9.59 Å². The molecule has 0 aliphatic heterocycles. The Morgan fingerprint density at radius 2 is 1.90 bits per heavy atom. The quantitative estimate of drug-likeness (QED) is 0.782. The molecule has 0 heterocycles. The van der Waals surface area contributed by atoms with Crippen molar-refractivity contribution in [2.24, 2.45) is 11.8 Å². The zero-order valence-electron chi connectivity index (χ0n) is 12.6. The lowest BCUT2D eigenvalue weighted by Gasteiger charge is -2.20. The van der Waals surface area contributed by atoms with E-state index in [2.05, 4.69) is 35.1 Å². The molecule has 0 aromatic heterocycles. The minimum atomic E-state index is -0.933. The molecule has 0 spiro atoms. The molecule has 116 valence electrons. The van der Waals surface area contributed by atoms with E-state index in [1.165, 1.54) is 0 Å². The Kier molecular flexibility index (Phi) is 6.89. The fourth-order valence-corrected chi connectivity index (χ4v) is 2.35. The van der Waals surface area contributed by atoms with E-state index in [4.69, 9.17) is 5.11 Å². The van der Waals surface area contributed by atoms with Crippen LogP contribution in [-0.4, -0.2) is 17.0 Å². The van der Waals surface area contributed by atoms with Crippen molar-refractivity contribution in [3.63, 3.8) is 0 Å². The Bertz CT molecular complexity index is 502. The van der Waals surface area contributed by atoms with Crippen LogP contribution in [0.1, 0.15) is 45.2 Å². The van der Waals surface area contributed by atoms with Gasteiger partial charge < -0.3 is 10.4 Å². The first-order chi connectivity index (χ1) is 9.79. The third kappa shape index (κ3) is 6.29. The Labute approximate surface area is 134 Å². The number of aliphatic carboxylic acids is 1. The third-order valence-corrected chi connectivity index (χ3v) is 4.10. The summed E-state index contributed by atoms with van der Waals surface area (Å²) in [6, 6.07) is 6.85. The predicted molar refractivity (Wildman–Crippen MR) is 85.9 cm³/mol. The zero-order valence-corrected chi connectivity index (χ0v) is 14.2. The molecule has 4 nitrogen and oxygen atoms in total. The summed E-state index contributed by atoms with van der Waals surface area (Å²) in [4.78, 5) is 23.1. The molecule has 0 bridgehead atoms.